The molecule has 0 saturated heterocycles. The maximum absolute atomic E-state index is 6.11. The standard InChI is InChI=1S/C12H28N2/c1-9(2)7-12(13)8-14(10(3)4)11(5)6/h9-12H,7-8,13H2,1-6H3/t12-/m1/s1. The van der Waals surface area contributed by atoms with Gasteiger partial charge in [0.25, 0.3) is 0 Å². The summed E-state index contributed by atoms with van der Waals surface area (Å²) in [6.45, 7) is 14.4. The van der Waals surface area contributed by atoms with E-state index >= 15 is 0 Å². The molecular weight excluding hydrogens is 172 g/mol. The SMILES string of the molecule is CC(C)C[C@@H](N)CN(C(C)C)C(C)C. The number of hydrogen-bond acceptors (Lipinski definition) is 2. The zero-order chi connectivity index (χ0) is 11.3. The van der Waals surface area contributed by atoms with Gasteiger partial charge in [-0.15, -0.1) is 0 Å². The lowest BCUT2D eigenvalue weighted by Crippen LogP contribution is -2.45. The second-order valence-electron chi connectivity index (χ2n) is 5.27. The van der Waals surface area contributed by atoms with Gasteiger partial charge in [-0.1, -0.05) is 13.8 Å². The van der Waals surface area contributed by atoms with Gasteiger partial charge in [-0.25, -0.2) is 0 Å². The average Bonchev–Trinajstić information content (AvgIpc) is 1.97. The molecule has 2 heteroatoms. The minimum atomic E-state index is 0.319. The Morgan fingerprint density at radius 3 is 1.64 bits per heavy atom. The van der Waals surface area contributed by atoms with Gasteiger partial charge < -0.3 is 5.73 Å². The van der Waals surface area contributed by atoms with E-state index in [1.165, 1.54) is 0 Å². The predicted molar refractivity (Wildman–Crippen MR) is 64.4 cm³/mol. The summed E-state index contributed by atoms with van der Waals surface area (Å²) in [6.07, 6.45) is 1.12. The van der Waals surface area contributed by atoms with E-state index in [4.69, 9.17) is 5.73 Å². The Kier molecular flexibility index (Phi) is 6.38. The third-order valence-corrected chi connectivity index (χ3v) is 2.55. The van der Waals surface area contributed by atoms with Gasteiger partial charge in [-0.05, 0) is 40.0 Å². The molecule has 1 atom stereocenters. The molecule has 0 heterocycles. The molecule has 0 radical (unpaired) electrons. The number of hydrogen-bond donors (Lipinski definition) is 1. The van der Waals surface area contributed by atoms with E-state index in [1.807, 2.05) is 0 Å². The van der Waals surface area contributed by atoms with Crippen LogP contribution in [0.15, 0.2) is 0 Å². The van der Waals surface area contributed by atoms with Gasteiger partial charge in [-0.3, -0.25) is 4.90 Å². The van der Waals surface area contributed by atoms with Crippen molar-refractivity contribution in [2.75, 3.05) is 6.54 Å². The van der Waals surface area contributed by atoms with Crippen LogP contribution in [0.1, 0.15) is 48.0 Å². The maximum atomic E-state index is 6.11. The Balaban J connectivity index is 4.03. The van der Waals surface area contributed by atoms with E-state index < -0.39 is 0 Å². The lowest BCUT2D eigenvalue weighted by molar-refractivity contribution is 0.159. The summed E-state index contributed by atoms with van der Waals surface area (Å²) in [5.74, 6) is 0.700. The quantitative estimate of drug-likeness (QED) is 0.714. The highest BCUT2D eigenvalue weighted by Crippen LogP contribution is 2.09. The molecule has 0 bridgehead atoms. The number of rotatable bonds is 6. The van der Waals surface area contributed by atoms with E-state index in [9.17, 15) is 0 Å². The van der Waals surface area contributed by atoms with E-state index in [-0.39, 0.29) is 0 Å². The highest BCUT2D eigenvalue weighted by molar-refractivity contribution is 4.74. The predicted octanol–water partition coefficient (Wildman–Crippen LogP) is 2.48. The molecule has 0 aliphatic rings. The molecular formula is C12H28N2. The summed E-state index contributed by atoms with van der Waals surface area (Å²) in [5.41, 5.74) is 6.11. The Hall–Kier alpha value is -0.0800. The van der Waals surface area contributed by atoms with E-state index in [0.717, 1.165) is 13.0 Å². The van der Waals surface area contributed by atoms with Gasteiger partial charge in [0.05, 0.1) is 0 Å². The average molecular weight is 200 g/mol. The van der Waals surface area contributed by atoms with Crippen LogP contribution in [0.4, 0.5) is 0 Å². The van der Waals surface area contributed by atoms with Gasteiger partial charge in [0.15, 0.2) is 0 Å². The fourth-order valence-corrected chi connectivity index (χ4v) is 1.97. The molecule has 2 nitrogen and oxygen atoms in total. The summed E-state index contributed by atoms with van der Waals surface area (Å²) in [7, 11) is 0. The van der Waals surface area contributed by atoms with Crippen molar-refractivity contribution in [2.45, 2.75) is 66.1 Å². The topological polar surface area (TPSA) is 29.3 Å². The van der Waals surface area contributed by atoms with Crippen molar-refractivity contribution in [3.05, 3.63) is 0 Å². The van der Waals surface area contributed by atoms with Crippen molar-refractivity contribution in [3.8, 4) is 0 Å². The first kappa shape index (κ1) is 13.9. The van der Waals surface area contributed by atoms with Crippen LogP contribution in [-0.2, 0) is 0 Å². The fourth-order valence-electron chi connectivity index (χ4n) is 1.97. The molecule has 0 spiro atoms. The van der Waals surface area contributed by atoms with Crippen molar-refractivity contribution >= 4 is 0 Å². The summed E-state index contributed by atoms with van der Waals surface area (Å²) in [5, 5.41) is 0. The summed E-state index contributed by atoms with van der Waals surface area (Å²) in [4.78, 5) is 2.47. The van der Waals surface area contributed by atoms with Crippen LogP contribution < -0.4 is 5.73 Å². The molecule has 0 amide bonds. The molecule has 0 aromatic rings. The second-order valence-corrected chi connectivity index (χ2v) is 5.27. The Bertz CT molecular complexity index is 133. The summed E-state index contributed by atoms with van der Waals surface area (Å²) >= 11 is 0. The monoisotopic (exact) mass is 200 g/mol. The number of nitrogens with two attached hydrogens (primary N) is 1. The molecule has 0 saturated carbocycles. The first-order valence-electron chi connectivity index (χ1n) is 5.85. The molecule has 0 aliphatic carbocycles. The van der Waals surface area contributed by atoms with Gasteiger partial charge in [0, 0.05) is 24.7 Å². The van der Waals surface area contributed by atoms with Crippen LogP contribution in [0.3, 0.4) is 0 Å². The molecule has 0 aliphatic heterocycles. The van der Waals surface area contributed by atoms with Crippen molar-refractivity contribution in [1.82, 2.24) is 4.90 Å². The van der Waals surface area contributed by atoms with Crippen LogP contribution in [-0.4, -0.2) is 29.6 Å². The third kappa shape index (κ3) is 5.61. The van der Waals surface area contributed by atoms with Gasteiger partial charge in [0.1, 0.15) is 0 Å². The fraction of sp³-hybridized carbons (Fsp3) is 1.00. The highest BCUT2D eigenvalue weighted by Gasteiger charge is 2.17. The largest absolute Gasteiger partial charge is 0.327 e. The minimum Gasteiger partial charge on any atom is -0.327 e. The molecule has 2 N–H and O–H groups in total. The van der Waals surface area contributed by atoms with Crippen LogP contribution in [0, 0.1) is 5.92 Å². The van der Waals surface area contributed by atoms with Crippen molar-refractivity contribution in [1.29, 1.82) is 0 Å². The first-order valence-corrected chi connectivity index (χ1v) is 5.85. The van der Waals surface area contributed by atoms with Crippen LogP contribution in [0.5, 0.6) is 0 Å². The molecule has 0 unspecified atom stereocenters. The normalized spacial score (nSPS) is 14.8. The summed E-state index contributed by atoms with van der Waals surface area (Å²) in [6, 6.07) is 1.50. The van der Waals surface area contributed by atoms with Crippen molar-refractivity contribution in [3.63, 3.8) is 0 Å². The molecule has 0 aromatic carbocycles. The van der Waals surface area contributed by atoms with E-state index in [0.29, 0.717) is 24.0 Å². The smallest absolute Gasteiger partial charge is 0.0170 e. The zero-order valence-electron chi connectivity index (χ0n) is 10.7. The van der Waals surface area contributed by atoms with Gasteiger partial charge in [0.2, 0.25) is 0 Å². The summed E-state index contributed by atoms with van der Waals surface area (Å²) < 4.78 is 0. The second kappa shape index (κ2) is 6.41. The lowest BCUT2D eigenvalue weighted by Gasteiger charge is -2.33. The molecule has 0 rings (SSSR count). The number of nitrogens with zero attached hydrogens (tertiary/aromatic N) is 1. The van der Waals surface area contributed by atoms with Crippen molar-refractivity contribution in [2.24, 2.45) is 11.7 Å². The van der Waals surface area contributed by atoms with Gasteiger partial charge >= 0.3 is 0 Å². The Labute approximate surface area is 89.9 Å². The van der Waals surface area contributed by atoms with Crippen LogP contribution in [0.2, 0.25) is 0 Å². The van der Waals surface area contributed by atoms with E-state index in [2.05, 4.69) is 46.4 Å². The molecule has 0 aromatic heterocycles. The van der Waals surface area contributed by atoms with Crippen LogP contribution in [0.25, 0.3) is 0 Å². The Morgan fingerprint density at radius 2 is 1.36 bits per heavy atom. The maximum Gasteiger partial charge on any atom is 0.0170 e. The molecule has 0 fully saturated rings. The first-order chi connectivity index (χ1) is 6.34. The zero-order valence-corrected chi connectivity index (χ0v) is 10.7. The highest BCUT2D eigenvalue weighted by atomic mass is 15.2. The van der Waals surface area contributed by atoms with Crippen molar-refractivity contribution < 1.29 is 0 Å². The van der Waals surface area contributed by atoms with E-state index in [1.54, 1.807) is 0 Å². The molecule has 14 heavy (non-hydrogen) atoms. The molecule has 86 valence electrons. The third-order valence-electron chi connectivity index (χ3n) is 2.55. The minimum absolute atomic E-state index is 0.319. The van der Waals surface area contributed by atoms with Crippen LogP contribution >= 0.6 is 0 Å². The van der Waals surface area contributed by atoms with Gasteiger partial charge in [-0.2, -0.15) is 0 Å². The Morgan fingerprint density at radius 1 is 0.929 bits per heavy atom. The lowest BCUT2D eigenvalue weighted by atomic mass is 10.0.